The molecule has 0 fully saturated rings. The molecule has 0 N–H and O–H groups in total. The molecule has 1 aromatic carbocycles. The third-order valence-electron chi connectivity index (χ3n) is 2.45. The molecule has 0 spiro atoms. The second kappa shape index (κ2) is 4.47. The van der Waals surface area contributed by atoms with Crippen molar-refractivity contribution in [1.29, 1.82) is 0 Å². The highest BCUT2D eigenvalue weighted by molar-refractivity contribution is 5.33. The van der Waals surface area contributed by atoms with Crippen LogP contribution in [0.4, 0.5) is 0 Å². The summed E-state index contributed by atoms with van der Waals surface area (Å²) in [7, 11) is 0. The van der Waals surface area contributed by atoms with Gasteiger partial charge < -0.3 is 0 Å². The number of aryl methyl sites for hydroxylation is 1. The van der Waals surface area contributed by atoms with E-state index in [0.717, 1.165) is 17.9 Å². The molecule has 0 aliphatic carbocycles. The lowest BCUT2D eigenvalue weighted by Crippen LogP contribution is -1.97. The van der Waals surface area contributed by atoms with Gasteiger partial charge in [0.25, 0.3) is 0 Å². The van der Waals surface area contributed by atoms with Crippen LogP contribution in [0.5, 0.6) is 0 Å². The molecule has 2 aromatic rings. The summed E-state index contributed by atoms with van der Waals surface area (Å²) in [5, 5.41) is 4.28. The predicted molar refractivity (Wildman–Crippen MR) is 64.6 cm³/mol. The fourth-order valence-electron chi connectivity index (χ4n) is 1.73. The van der Waals surface area contributed by atoms with Crippen LogP contribution in [0, 0.1) is 12.8 Å². The first-order chi connectivity index (χ1) is 7.65. The van der Waals surface area contributed by atoms with E-state index >= 15 is 0 Å². The van der Waals surface area contributed by atoms with E-state index in [4.69, 9.17) is 0 Å². The summed E-state index contributed by atoms with van der Waals surface area (Å²) >= 11 is 0. The molecule has 0 radical (unpaired) electrons. The normalized spacial score (nSPS) is 11.0. The van der Waals surface area contributed by atoms with Gasteiger partial charge in [0.05, 0.1) is 5.69 Å². The third kappa shape index (κ3) is 2.48. The van der Waals surface area contributed by atoms with Crippen molar-refractivity contribution in [3.05, 3.63) is 42.0 Å². The molecule has 0 unspecified atom stereocenters. The zero-order valence-electron chi connectivity index (χ0n) is 10.0. The monoisotopic (exact) mass is 215 g/mol. The topological polar surface area (TPSA) is 30.7 Å². The second-order valence-electron chi connectivity index (χ2n) is 4.50. The van der Waals surface area contributed by atoms with Crippen LogP contribution in [0.3, 0.4) is 0 Å². The van der Waals surface area contributed by atoms with Gasteiger partial charge in [-0.15, -0.1) is 0 Å². The molecule has 3 nitrogen and oxygen atoms in total. The first kappa shape index (κ1) is 10.9. The Morgan fingerprint density at radius 2 is 1.88 bits per heavy atom. The second-order valence-corrected chi connectivity index (χ2v) is 4.50. The van der Waals surface area contributed by atoms with Gasteiger partial charge >= 0.3 is 0 Å². The lowest BCUT2D eigenvalue weighted by molar-refractivity contribution is 0.647. The van der Waals surface area contributed by atoms with Crippen molar-refractivity contribution in [2.45, 2.75) is 27.2 Å². The summed E-state index contributed by atoms with van der Waals surface area (Å²) in [5.74, 6) is 1.49. The van der Waals surface area contributed by atoms with E-state index in [9.17, 15) is 0 Å². The van der Waals surface area contributed by atoms with Crippen molar-refractivity contribution in [3.63, 3.8) is 0 Å². The molecule has 0 amide bonds. The number of hydrogen-bond donors (Lipinski definition) is 0. The van der Waals surface area contributed by atoms with Crippen molar-refractivity contribution in [2.75, 3.05) is 0 Å². The van der Waals surface area contributed by atoms with E-state index in [0.29, 0.717) is 5.92 Å². The molecule has 0 saturated heterocycles. The van der Waals surface area contributed by atoms with Crippen molar-refractivity contribution >= 4 is 0 Å². The van der Waals surface area contributed by atoms with Gasteiger partial charge in [-0.1, -0.05) is 26.0 Å². The van der Waals surface area contributed by atoms with Crippen molar-refractivity contribution in [3.8, 4) is 5.69 Å². The maximum atomic E-state index is 4.28. The van der Waals surface area contributed by atoms with Gasteiger partial charge in [0.2, 0.25) is 0 Å². The zero-order chi connectivity index (χ0) is 11.5. The van der Waals surface area contributed by atoms with Gasteiger partial charge in [-0.25, -0.2) is 9.67 Å². The largest absolute Gasteiger partial charge is 0.221 e. The van der Waals surface area contributed by atoms with Gasteiger partial charge in [-0.2, -0.15) is 5.10 Å². The van der Waals surface area contributed by atoms with Crippen LogP contribution in [-0.4, -0.2) is 14.8 Å². The van der Waals surface area contributed by atoms with Gasteiger partial charge in [-0.05, 0) is 37.0 Å². The quantitative estimate of drug-likeness (QED) is 0.788. The minimum atomic E-state index is 0.694. The summed E-state index contributed by atoms with van der Waals surface area (Å²) in [6, 6.07) is 8.50. The number of benzene rings is 1. The van der Waals surface area contributed by atoms with Gasteiger partial charge in [0.15, 0.2) is 0 Å². The van der Waals surface area contributed by atoms with Crippen LogP contribution in [-0.2, 0) is 6.42 Å². The average molecular weight is 215 g/mol. The molecule has 84 valence electrons. The Kier molecular flexibility index (Phi) is 3.04. The third-order valence-corrected chi connectivity index (χ3v) is 2.45. The molecule has 3 heteroatoms. The van der Waals surface area contributed by atoms with Crippen molar-refractivity contribution < 1.29 is 0 Å². The van der Waals surface area contributed by atoms with E-state index in [1.807, 2.05) is 6.92 Å². The Morgan fingerprint density at radius 1 is 1.19 bits per heavy atom. The number of rotatable bonds is 3. The SMILES string of the molecule is Cc1ncn(-c2ccc(CC(C)C)cc2)n1. The highest BCUT2D eigenvalue weighted by Crippen LogP contribution is 2.12. The van der Waals surface area contributed by atoms with Crippen molar-refractivity contribution in [1.82, 2.24) is 14.8 Å². The fourth-order valence-corrected chi connectivity index (χ4v) is 1.73. The van der Waals surface area contributed by atoms with E-state index in [1.54, 1.807) is 11.0 Å². The molecule has 2 rings (SSSR count). The molecule has 0 aliphatic rings. The Labute approximate surface area is 96.1 Å². The average Bonchev–Trinajstić information content (AvgIpc) is 2.65. The molecule has 0 aliphatic heterocycles. The summed E-state index contributed by atoms with van der Waals surface area (Å²) < 4.78 is 1.80. The van der Waals surface area contributed by atoms with E-state index in [1.165, 1.54) is 5.56 Å². The van der Waals surface area contributed by atoms with Crippen LogP contribution in [0.15, 0.2) is 30.6 Å². The van der Waals surface area contributed by atoms with Crippen LogP contribution in [0.1, 0.15) is 25.2 Å². The molecular weight excluding hydrogens is 198 g/mol. The van der Waals surface area contributed by atoms with Gasteiger partial charge in [-0.3, -0.25) is 0 Å². The van der Waals surface area contributed by atoms with Gasteiger partial charge in [0.1, 0.15) is 12.2 Å². The van der Waals surface area contributed by atoms with Crippen molar-refractivity contribution in [2.24, 2.45) is 5.92 Å². The van der Waals surface area contributed by atoms with E-state index < -0.39 is 0 Å². The van der Waals surface area contributed by atoms with Crippen LogP contribution in [0.2, 0.25) is 0 Å². The molecule has 0 saturated carbocycles. The van der Waals surface area contributed by atoms with E-state index in [2.05, 4.69) is 48.2 Å². The predicted octanol–water partition coefficient (Wildman–Crippen LogP) is 2.77. The number of nitrogens with zero attached hydrogens (tertiary/aromatic N) is 3. The minimum absolute atomic E-state index is 0.694. The minimum Gasteiger partial charge on any atom is -0.221 e. The molecule has 0 atom stereocenters. The summed E-state index contributed by atoms with van der Waals surface area (Å²) in [6.45, 7) is 6.35. The van der Waals surface area contributed by atoms with Gasteiger partial charge in [0, 0.05) is 0 Å². The summed E-state index contributed by atoms with van der Waals surface area (Å²) in [5.41, 5.74) is 2.43. The number of hydrogen-bond acceptors (Lipinski definition) is 2. The Bertz CT molecular complexity index is 454. The Hall–Kier alpha value is -1.64. The Morgan fingerprint density at radius 3 is 2.38 bits per heavy atom. The number of aromatic nitrogens is 3. The fraction of sp³-hybridized carbons (Fsp3) is 0.385. The lowest BCUT2D eigenvalue weighted by Gasteiger charge is -2.06. The summed E-state index contributed by atoms with van der Waals surface area (Å²) in [6.07, 6.45) is 2.86. The Balaban J connectivity index is 2.19. The lowest BCUT2D eigenvalue weighted by atomic mass is 10.0. The molecule has 1 aromatic heterocycles. The molecule has 16 heavy (non-hydrogen) atoms. The molecule has 0 bridgehead atoms. The van der Waals surface area contributed by atoms with Crippen LogP contribution < -0.4 is 0 Å². The zero-order valence-corrected chi connectivity index (χ0v) is 10.0. The maximum Gasteiger partial charge on any atom is 0.147 e. The standard InChI is InChI=1S/C13H17N3/c1-10(2)8-12-4-6-13(7-5-12)16-9-14-11(3)15-16/h4-7,9-10H,8H2,1-3H3. The summed E-state index contributed by atoms with van der Waals surface area (Å²) in [4.78, 5) is 4.12. The maximum absolute atomic E-state index is 4.28. The van der Waals surface area contributed by atoms with Crippen LogP contribution >= 0.6 is 0 Å². The van der Waals surface area contributed by atoms with E-state index in [-0.39, 0.29) is 0 Å². The first-order valence-electron chi connectivity index (χ1n) is 5.63. The van der Waals surface area contributed by atoms with Crippen LogP contribution in [0.25, 0.3) is 5.69 Å². The molecular formula is C13H17N3. The first-order valence-corrected chi connectivity index (χ1v) is 5.63. The highest BCUT2D eigenvalue weighted by atomic mass is 15.3. The molecule has 1 heterocycles. The smallest absolute Gasteiger partial charge is 0.147 e. The highest BCUT2D eigenvalue weighted by Gasteiger charge is 2.01.